The third-order valence-electron chi connectivity index (χ3n) is 4.50. The molecule has 1 atom stereocenters. The van der Waals surface area contributed by atoms with E-state index in [9.17, 15) is 0 Å². The maximum atomic E-state index is 2.42. The van der Waals surface area contributed by atoms with Crippen LogP contribution in [0.1, 0.15) is 40.5 Å². The highest BCUT2D eigenvalue weighted by molar-refractivity contribution is 8.03. The van der Waals surface area contributed by atoms with E-state index in [-0.39, 0.29) is 5.41 Å². The summed E-state index contributed by atoms with van der Waals surface area (Å²) in [5, 5.41) is 0. The molecule has 0 saturated carbocycles. The van der Waals surface area contributed by atoms with E-state index in [1.165, 1.54) is 29.1 Å². The van der Waals surface area contributed by atoms with Crippen molar-refractivity contribution in [2.24, 2.45) is 10.8 Å². The van der Waals surface area contributed by atoms with E-state index in [1.54, 1.807) is 0 Å². The zero-order chi connectivity index (χ0) is 11.8. The van der Waals surface area contributed by atoms with Gasteiger partial charge in [-0.3, -0.25) is 0 Å². The first-order chi connectivity index (χ1) is 7.48. The molecule has 0 bridgehead atoms. The van der Waals surface area contributed by atoms with Gasteiger partial charge in [0, 0.05) is 16.1 Å². The lowest BCUT2D eigenvalue weighted by Gasteiger charge is -2.39. The van der Waals surface area contributed by atoms with Gasteiger partial charge in [-0.25, -0.2) is 0 Å². The van der Waals surface area contributed by atoms with Crippen molar-refractivity contribution >= 4 is 11.8 Å². The SMILES string of the molecule is CCC(C)(C)C1(C)C=CC2=C(C=C1)SCC2. The van der Waals surface area contributed by atoms with Gasteiger partial charge in [-0.2, -0.15) is 0 Å². The first-order valence-electron chi connectivity index (χ1n) is 6.23. The van der Waals surface area contributed by atoms with Crippen molar-refractivity contribution in [2.75, 3.05) is 5.75 Å². The van der Waals surface area contributed by atoms with Crippen LogP contribution < -0.4 is 0 Å². The maximum absolute atomic E-state index is 2.42. The van der Waals surface area contributed by atoms with Crippen LogP contribution in [0.5, 0.6) is 0 Å². The second kappa shape index (κ2) is 4.10. The van der Waals surface area contributed by atoms with Gasteiger partial charge >= 0.3 is 0 Å². The molecule has 2 aliphatic rings. The molecule has 0 aromatic heterocycles. The minimum atomic E-state index is 0.187. The highest BCUT2D eigenvalue weighted by Gasteiger charge is 2.36. The fourth-order valence-electron chi connectivity index (χ4n) is 2.22. The molecular weight excluding hydrogens is 212 g/mol. The zero-order valence-electron chi connectivity index (χ0n) is 10.8. The molecule has 0 saturated heterocycles. The van der Waals surface area contributed by atoms with Crippen molar-refractivity contribution in [3.05, 3.63) is 34.8 Å². The van der Waals surface area contributed by atoms with Crippen molar-refractivity contribution < 1.29 is 0 Å². The minimum absolute atomic E-state index is 0.187. The molecule has 0 fully saturated rings. The first-order valence-corrected chi connectivity index (χ1v) is 7.21. The molecule has 16 heavy (non-hydrogen) atoms. The van der Waals surface area contributed by atoms with Crippen LogP contribution in [0.25, 0.3) is 0 Å². The molecule has 1 heteroatoms. The standard InChI is InChI=1S/C15H22S/c1-5-14(2,3)15(4)9-6-12-8-11-16-13(12)7-10-15/h6-7,9-10H,5,8,11H2,1-4H3. The quantitative estimate of drug-likeness (QED) is 0.651. The number of hydrogen-bond donors (Lipinski definition) is 0. The number of allylic oxidation sites excluding steroid dienone is 5. The van der Waals surface area contributed by atoms with Gasteiger partial charge in [0.05, 0.1) is 0 Å². The van der Waals surface area contributed by atoms with E-state index in [0.29, 0.717) is 5.41 Å². The van der Waals surface area contributed by atoms with Crippen LogP contribution in [-0.2, 0) is 0 Å². The van der Waals surface area contributed by atoms with Gasteiger partial charge in [0.15, 0.2) is 0 Å². The molecule has 1 aliphatic heterocycles. The van der Waals surface area contributed by atoms with Crippen LogP contribution in [0.3, 0.4) is 0 Å². The van der Waals surface area contributed by atoms with Crippen molar-refractivity contribution in [1.82, 2.24) is 0 Å². The highest BCUT2D eigenvalue weighted by Crippen LogP contribution is 2.47. The molecule has 0 amide bonds. The molecule has 0 N–H and O–H groups in total. The predicted octanol–water partition coefficient (Wildman–Crippen LogP) is 4.95. The summed E-state index contributed by atoms with van der Waals surface area (Å²) in [5.41, 5.74) is 2.05. The van der Waals surface area contributed by atoms with Gasteiger partial charge in [0.25, 0.3) is 0 Å². The average Bonchev–Trinajstić information content (AvgIpc) is 2.64. The van der Waals surface area contributed by atoms with Gasteiger partial charge in [0.1, 0.15) is 0 Å². The number of thioether (sulfide) groups is 1. The summed E-state index contributed by atoms with van der Waals surface area (Å²) in [4.78, 5) is 1.49. The summed E-state index contributed by atoms with van der Waals surface area (Å²) < 4.78 is 0. The molecule has 0 nitrogen and oxygen atoms in total. The fourth-order valence-corrected chi connectivity index (χ4v) is 3.28. The zero-order valence-corrected chi connectivity index (χ0v) is 11.7. The summed E-state index contributed by atoms with van der Waals surface area (Å²) in [6.45, 7) is 9.38. The van der Waals surface area contributed by atoms with Crippen LogP contribution in [0.2, 0.25) is 0 Å². The Balaban J connectivity index is 2.33. The Bertz CT molecular complexity index is 345. The molecule has 0 spiro atoms. The van der Waals surface area contributed by atoms with Gasteiger partial charge in [-0.1, -0.05) is 52.0 Å². The van der Waals surface area contributed by atoms with Gasteiger partial charge in [0.2, 0.25) is 0 Å². The Morgan fingerprint density at radius 2 is 2.00 bits per heavy atom. The van der Waals surface area contributed by atoms with Crippen LogP contribution in [-0.4, -0.2) is 5.75 Å². The van der Waals surface area contributed by atoms with Crippen LogP contribution in [0.15, 0.2) is 34.8 Å². The monoisotopic (exact) mass is 234 g/mol. The largest absolute Gasteiger partial charge is 0.126 e. The number of hydrogen-bond acceptors (Lipinski definition) is 1. The lowest BCUT2D eigenvalue weighted by molar-refractivity contribution is 0.190. The first kappa shape index (κ1) is 12.0. The Morgan fingerprint density at radius 1 is 1.31 bits per heavy atom. The Kier molecular flexibility index (Phi) is 3.09. The summed E-state index contributed by atoms with van der Waals surface area (Å²) in [7, 11) is 0. The molecule has 88 valence electrons. The summed E-state index contributed by atoms with van der Waals surface area (Å²) in [5.74, 6) is 1.26. The molecule has 1 heterocycles. The predicted molar refractivity (Wildman–Crippen MR) is 74.6 cm³/mol. The van der Waals surface area contributed by atoms with E-state index >= 15 is 0 Å². The molecule has 1 unspecified atom stereocenters. The van der Waals surface area contributed by atoms with E-state index in [0.717, 1.165) is 0 Å². The van der Waals surface area contributed by atoms with E-state index in [1.807, 2.05) is 11.8 Å². The Hall–Kier alpha value is -0.430. The third-order valence-corrected chi connectivity index (χ3v) is 5.62. The highest BCUT2D eigenvalue weighted by atomic mass is 32.2. The van der Waals surface area contributed by atoms with Crippen molar-refractivity contribution in [3.8, 4) is 0 Å². The molecule has 0 aromatic carbocycles. The van der Waals surface area contributed by atoms with Crippen molar-refractivity contribution in [3.63, 3.8) is 0 Å². The summed E-state index contributed by atoms with van der Waals surface area (Å²) in [6.07, 6.45) is 12.0. The average molecular weight is 234 g/mol. The lowest BCUT2D eigenvalue weighted by Crippen LogP contribution is -2.31. The van der Waals surface area contributed by atoms with Crippen LogP contribution >= 0.6 is 11.8 Å². The molecule has 0 radical (unpaired) electrons. The van der Waals surface area contributed by atoms with Crippen molar-refractivity contribution in [2.45, 2.75) is 40.5 Å². The number of rotatable bonds is 2. The fraction of sp³-hybridized carbons (Fsp3) is 0.600. The Labute approximate surface area is 104 Å². The smallest absolute Gasteiger partial charge is 0.0101 e. The second-order valence-corrected chi connectivity index (χ2v) is 6.81. The van der Waals surface area contributed by atoms with E-state index in [2.05, 4.69) is 52.0 Å². The van der Waals surface area contributed by atoms with E-state index < -0.39 is 0 Å². The molecule has 1 aliphatic carbocycles. The normalized spacial score (nSPS) is 29.5. The molecule has 0 aromatic rings. The van der Waals surface area contributed by atoms with Gasteiger partial charge < -0.3 is 0 Å². The second-order valence-electron chi connectivity index (χ2n) is 5.67. The van der Waals surface area contributed by atoms with Gasteiger partial charge in [-0.05, 0) is 23.8 Å². The van der Waals surface area contributed by atoms with Gasteiger partial charge in [-0.15, -0.1) is 11.8 Å². The molecular formula is C15H22S. The van der Waals surface area contributed by atoms with Crippen molar-refractivity contribution in [1.29, 1.82) is 0 Å². The summed E-state index contributed by atoms with van der Waals surface area (Å²) >= 11 is 2.00. The minimum Gasteiger partial charge on any atom is -0.126 e. The Morgan fingerprint density at radius 3 is 2.69 bits per heavy atom. The maximum Gasteiger partial charge on any atom is 0.0101 e. The molecule has 2 rings (SSSR count). The topological polar surface area (TPSA) is 0 Å². The van der Waals surface area contributed by atoms with Crippen LogP contribution in [0.4, 0.5) is 0 Å². The third kappa shape index (κ3) is 1.90. The van der Waals surface area contributed by atoms with E-state index in [4.69, 9.17) is 0 Å². The lowest BCUT2D eigenvalue weighted by atomic mass is 9.65. The summed E-state index contributed by atoms with van der Waals surface area (Å²) in [6, 6.07) is 0. The van der Waals surface area contributed by atoms with Crippen LogP contribution in [0, 0.1) is 10.8 Å².